The van der Waals surface area contributed by atoms with E-state index in [2.05, 4.69) is 15.6 Å². The van der Waals surface area contributed by atoms with E-state index in [4.69, 9.17) is 23.8 Å². The highest BCUT2D eigenvalue weighted by molar-refractivity contribution is 7.71. The molecule has 4 unspecified atom stereocenters. The smallest absolute Gasteiger partial charge is 0.178 e. The monoisotopic (exact) mass is 290 g/mol. The van der Waals surface area contributed by atoms with Crippen LogP contribution in [0.25, 0.3) is 11.0 Å². The molecular weight excluding hydrogens is 276 g/mol. The minimum absolute atomic E-state index is 0.644. The summed E-state index contributed by atoms with van der Waals surface area (Å²) in [4.78, 5) is 3.33. The van der Waals surface area contributed by atoms with Crippen molar-refractivity contribution in [3.8, 4) is 0 Å². The average molecular weight is 291 g/mol. The Bertz CT molecular complexity index is 730. The molecule has 0 radical (unpaired) electrons. The number of nitrogens with one attached hydrogen (secondary N) is 1. The molecule has 2 nitrogen and oxygen atoms in total. The number of imidazole rings is 1. The molecule has 3 aliphatic carbocycles. The van der Waals surface area contributed by atoms with Gasteiger partial charge in [-0.3, -0.25) is 0 Å². The maximum absolute atomic E-state index is 6.15. The molecule has 0 saturated heterocycles. The average Bonchev–Trinajstić information content (AvgIpc) is 2.75. The Hall–Kier alpha value is -0.800. The number of benzene rings is 1. The molecule has 1 heterocycles. The third kappa shape index (κ3) is 1.30. The van der Waals surface area contributed by atoms with Gasteiger partial charge in [0.05, 0.1) is 11.0 Å². The van der Waals surface area contributed by atoms with Crippen molar-refractivity contribution in [3.63, 3.8) is 0 Å². The van der Waals surface area contributed by atoms with Crippen LogP contribution in [0.5, 0.6) is 0 Å². The van der Waals surface area contributed by atoms with Gasteiger partial charge < -0.3 is 9.55 Å². The molecule has 0 spiro atoms. The van der Waals surface area contributed by atoms with Crippen LogP contribution in [-0.2, 0) is 0 Å². The van der Waals surface area contributed by atoms with Crippen molar-refractivity contribution in [2.24, 2.45) is 23.7 Å². The second-order valence-corrected chi connectivity index (χ2v) is 7.26. The zero-order valence-electron chi connectivity index (χ0n) is 10.5. The first kappa shape index (κ1) is 10.9. The van der Waals surface area contributed by atoms with E-state index in [0.29, 0.717) is 6.04 Å². The van der Waals surface area contributed by atoms with Gasteiger partial charge in [0, 0.05) is 11.1 Å². The third-order valence-corrected chi connectivity index (χ3v) is 6.21. The zero-order valence-corrected chi connectivity index (χ0v) is 12.0. The molecule has 5 rings (SSSR count). The number of fused-ring (bicyclic) bond motifs is 6. The van der Waals surface area contributed by atoms with E-state index >= 15 is 0 Å². The number of hydrogen-bond acceptors (Lipinski definition) is 1. The van der Waals surface area contributed by atoms with Crippen molar-refractivity contribution >= 4 is 34.9 Å². The van der Waals surface area contributed by atoms with Crippen LogP contribution < -0.4 is 0 Å². The summed E-state index contributed by atoms with van der Waals surface area (Å²) in [5, 5.41) is 0.795. The van der Waals surface area contributed by atoms with Crippen LogP contribution in [0.3, 0.4) is 0 Å². The number of halogens is 1. The van der Waals surface area contributed by atoms with E-state index in [1.54, 1.807) is 0 Å². The highest BCUT2D eigenvalue weighted by Crippen LogP contribution is 2.71. The Labute approximate surface area is 121 Å². The molecule has 3 saturated carbocycles. The van der Waals surface area contributed by atoms with Gasteiger partial charge in [-0.15, -0.1) is 0 Å². The minimum Gasteiger partial charge on any atom is -0.331 e. The topological polar surface area (TPSA) is 20.7 Å². The predicted octanol–water partition coefficient (Wildman–Crippen LogP) is 4.57. The quantitative estimate of drug-likeness (QED) is 0.763. The molecule has 0 aliphatic heterocycles. The lowest BCUT2D eigenvalue weighted by atomic mass is 10.0. The summed E-state index contributed by atoms with van der Waals surface area (Å²) in [6, 6.07) is 6.67. The van der Waals surface area contributed by atoms with Gasteiger partial charge in [-0.2, -0.15) is 0 Å². The molecule has 3 aliphatic rings. The number of hydrogen-bond donors (Lipinski definition) is 1. The van der Waals surface area contributed by atoms with Gasteiger partial charge in [0.25, 0.3) is 0 Å². The third-order valence-electron chi connectivity index (χ3n) is 5.67. The Kier molecular flexibility index (Phi) is 1.98. The summed E-state index contributed by atoms with van der Waals surface area (Å²) in [5.41, 5.74) is 2.31. The molecule has 3 fully saturated rings. The van der Waals surface area contributed by atoms with Crippen molar-refractivity contribution in [2.45, 2.75) is 25.3 Å². The van der Waals surface area contributed by atoms with Crippen molar-refractivity contribution < 1.29 is 0 Å². The van der Waals surface area contributed by atoms with Crippen molar-refractivity contribution in [3.05, 3.63) is 28.0 Å². The summed E-state index contributed by atoms with van der Waals surface area (Å²) in [6.45, 7) is 0. The molecule has 98 valence electrons. The molecule has 1 N–H and O–H groups in total. The maximum Gasteiger partial charge on any atom is 0.178 e. The Morgan fingerprint density at radius 1 is 1.21 bits per heavy atom. The van der Waals surface area contributed by atoms with Crippen molar-refractivity contribution in [2.75, 3.05) is 0 Å². The van der Waals surface area contributed by atoms with Crippen molar-refractivity contribution in [1.29, 1.82) is 0 Å². The Morgan fingerprint density at radius 3 is 2.68 bits per heavy atom. The van der Waals surface area contributed by atoms with Gasteiger partial charge in [0.1, 0.15) is 0 Å². The van der Waals surface area contributed by atoms with Gasteiger partial charge >= 0.3 is 0 Å². The van der Waals surface area contributed by atoms with Crippen LogP contribution in [0.1, 0.15) is 25.3 Å². The minimum atomic E-state index is 0.644. The van der Waals surface area contributed by atoms with E-state index < -0.39 is 0 Å². The fraction of sp³-hybridized carbons (Fsp3) is 0.533. The standard InChI is InChI=1S/C15H15ClN2S/c16-9-3-4-10-11(6-9)18(15(19)17-10)14-12-7-1-2-8(5-7)13(12)14/h3-4,6-8,12-14H,1-2,5H2,(H,17,19). The number of aromatic nitrogens is 2. The van der Waals surface area contributed by atoms with E-state index in [1.165, 1.54) is 24.8 Å². The first-order valence-corrected chi connectivity index (χ1v) is 7.92. The van der Waals surface area contributed by atoms with E-state index in [1.807, 2.05) is 12.1 Å². The molecular formula is C15H15ClN2S. The summed E-state index contributed by atoms with van der Waals surface area (Å²) in [7, 11) is 0. The lowest BCUT2D eigenvalue weighted by Gasteiger charge is -2.11. The fourth-order valence-corrected chi connectivity index (χ4v) is 5.51. The van der Waals surface area contributed by atoms with Crippen molar-refractivity contribution in [1.82, 2.24) is 9.55 Å². The normalized spacial score (nSPS) is 38.9. The zero-order chi connectivity index (χ0) is 12.7. The summed E-state index contributed by atoms with van der Waals surface area (Å²) in [5.74, 6) is 3.71. The SMILES string of the molecule is S=c1[nH]c2ccc(Cl)cc2n1C1C2C3CCC(C3)C21. The highest BCUT2D eigenvalue weighted by Gasteiger charge is 2.66. The number of H-pyrrole nitrogens is 1. The first-order chi connectivity index (χ1) is 9.24. The summed E-state index contributed by atoms with van der Waals surface area (Å²) < 4.78 is 3.23. The summed E-state index contributed by atoms with van der Waals surface area (Å²) in [6.07, 6.45) is 4.36. The van der Waals surface area contributed by atoms with Gasteiger partial charge in [0.2, 0.25) is 0 Å². The summed E-state index contributed by atoms with van der Waals surface area (Å²) >= 11 is 11.7. The Morgan fingerprint density at radius 2 is 1.95 bits per heavy atom. The molecule has 4 atom stereocenters. The molecule has 2 bridgehead atoms. The largest absolute Gasteiger partial charge is 0.331 e. The van der Waals surface area contributed by atoms with Crippen LogP contribution >= 0.6 is 23.8 Å². The van der Waals surface area contributed by atoms with Crippen LogP contribution in [0.2, 0.25) is 5.02 Å². The van der Waals surface area contributed by atoms with E-state index in [-0.39, 0.29) is 0 Å². The second-order valence-electron chi connectivity index (χ2n) is 6.44. The molecule has 1 aromatic heterocycles. The van der Waals surface area contributed by atoms with E-state index in [0.717, 1.165) is 39.0 Å². The number of aromatic amines is 1. The second kappa shape index (κ2) is 3.44. The van der Waals surface area contributed by atoms with Gasteiger partial charge in [-0.1, -0.05) is 11.6 Å². The molecule has 1 aromatic carbocycles. The van der Waals surface area contributed by atoms with Crippen LogP contribution in [0, 0.1) is 28.4 Å². The first-order valence-electron chi connectivity index (χ1n) is 7.14. The van der Waals surface area contributed by atoms with Crippen LogP contribution in [0.15, 0.2) is 18.2 Å². The Balaban J connectivity index is 1.69. The van der Waals surface area contributed by atoms with Crippen LogP contribution in [0.4, 0.5) is 0 Å². The number of nitrogens with zero attached hydrogens (tertiary/aromatic N) is 1. The van der Waals surface area contributed by atoms with Gasteiger partial charge in [-0.05, 0) is 73.4 Å². The number of rotatable bonds is 1. The van der Waals surface area contributed by atoms with Crippen LogP contribution in [-0.4, -0.2) is 9.55 Å². The molecule has 4 heteroatoms. The maximum atomic E-state index is 6.15. The molecule has 2 aromatic rings. The molecule has 19 heavy (non-hydrogen) atoms. The predicted molar refractivity (Wildman–Crippen MR) is 79.0 cm³/mol. The van der Waals surface area contributed by atoms with Gasteiger partial charge in [0.15, 0.2) is 4.77 Å². The fourth-order valence-electron chi connectivity index (χ4n) is 5.01. The lowest BCUT2D eigenvalue weighted by Crippen LogP contribution is -2.04. The lowest BCUT2D eigenvalue weighted by molar-refractivity contribution is 0.456. The highest BCUT2D eigenvalue weighted by atomic mass is 35.5. The van der Waals surface area contributed by atoms with Gasteiger partial charge in [-0.25, -0.2) is 0 Å². The molecule has 0 amide bonds. The van der Waals surface area contributed by atoms with E-state index in [9.17, 15) is 0 Å².